The van der Waals surface area contributed by atoms with E-state index in [0.29, 0.717) is 13.2 Å². The molecule has 1 heterocycles. The van der Waals surface area contributed by atoms with E-state index in [1.165, 1.54) is 0 Å². The van der Waals surface area contributed by atoms with E-state index in [2.05, 4.69) is 42.9 Å². The van der Waals surface area contributed by atoms with Crippen molar-refractivity contribution in [1.29, 1.82) is 0 Å². The molecule has 8 heteroatoms. The Balaban J connectivity index is 0.00000450. The van der Waals surface area contributed by atoms with E-state index in [0.717, 1.165) is 62.2 Å². The van der Waals surface area contributed by atoms with Crippen molar-refractivity contribution in [3.05, 3.63) is 23.8 Å². The van der Waals surface area contributed by atoms with Crippen molar-refractivity contribution in [2.24, 2.45) is 4.99 Å². The van der Waals surface area contributed by atoms with Gasteiger partial charge in [0.1, 0.15) is 0 Å². The lowest BCUT2D eigenvalue weighted by atomic mass is 9.99. The second-order valence-electron chi connectivity index (χ2n) is 7.13. The van der Waals surface area contributed by atoms with Gasteiger partial charge in [0.15, 0.2) is 17.5 Å². The smallest absolute Gasteiger partial charge is 0.191 e. The number of nitrogens with zero attached hydrogens (tertiary/aromatic N) is 1. The van der Waals surface area contributed by atoms with Crippen LogP contribution in [0.1, 0.15) is 52.1 Å². The fraction of sp³-hybridized carbons (Fsp3) is 0.682. The van der Waals surface area contributed by atoms with Crippen molar-refractivity contribution >= 4 is 41.7 Å². The van der Waals surface area contributed by atoms with Crippen LogP contribution in [0.2, 0.25) is 0 Å². The lowest BCUT2D eigenvalue weighted by Crippen LogP contribution is -2.41. The van der Waals surface area contributed by atoms with E-state index in [9.17, 15) is 0 Å². The molecule has 2 rings (SSSR count). The largest absolute Gasteiger partial charge is 0.490 e. The predicted octanol–water partition coefficient (Wildman–Crippen LogP) is 4.63. The second-order valence-corrected chi connectivity index (χ2v) is 8.41. The molecule has 0 radical (unpaired) electrons. The Morgan fingerprint density at radius 1 is 1.17 bits per heavy atom. The highest BCUT2D eigenvalue weighted by atomic mass is 127. The number of guanidine groups is 1. The molecule has 1 aliphatic heterocycles. The van der Waals surface area contributed by atoms with E-state index in [4.69, 9.17) is 19.2 Å². The molecule has 2 N–H and O–H groups in total. The Kier molecular flexibility index (Phi) is 12.9. The third-order valence-corrected chi connectivity index (χ3v) is 6.53. The number of benzene rings is 1. The molecule has 1 aliphatic rings. The normalized spacial score (nSPS) is 16.9. The van der Waals surface area contributed by atoms with E-state index in [1.54, 1.807) is 0 Å². The fourth-order valence-electron chi connectivity index (χ4n) is 3.34. The minimum Gasteiger partial charge on any atom is -0.490 e. The highest BCUT2D eigenvalue weighted by Crippen LogP contribution is 2.34. The van der Waals surface area contributed by atoms with Crippen LogP contribution in [0.25, 0.3) is 0 Å². The number of ether oxygens (including phenoxy) is 3. The summed E-state index contributed by atoms with van der Waals surface area (Å²) in [5, 5.41) is 6.92. The van der Waals surface area contributed by atoms with E-state index < -0.39 is 0 Å². The molecule has 0 saturated carbocycles. The van der Waals surface area contributed by atoms with Crippen molar-refractivity contribution in [3.8, 4) is 11.5 Å². The topological polar surface area (TPSA) is 64.1 Å². The molecule has 1 fully saturated rings. The maximum absolute atomic E-state index is 5.77. The van der Waals surface area contributed by atoms with Gasteiger partial charge < -0.3 is 24.8 Å². The number of thioether (sulfide) groups is 1. The number of aliphatic imine (C=N–C) groups is 1. The molecule has 172 valence electrons. The first kappa shape index (κ1) is 27.2. The molecule has 0 spiro atoms. The molecule has 1 aromatic carbocycles. The quantitative estimate of drug-likeness (QED) is 0.251. The average Bonchev–Trinajstić information content (AvgIpc) is 2.74. The van der Waals surface area contributed by atoms with Gasteiger partial charge in [-0.05, 0) is 64.5 Å². The molecule has 1 atom stereocenters. The maximum atomic E-state index is 5.77. The zero-order valence-corrected chi connectivity index (χ0v) is 22.1. The van der Waals surface area contributed by atoms with Crippen molar-refractivity contribution < 1.29 is 14.2 Å². The first-order valence-electron chi connectivity index (χ1n) is 10.6. The third-order valence-electron chi connectivity index (χ3n) is 5.13. The van der Waals surface area contributed by atoms with Crippen molar-refractivity contribution in [3.63, 3.8) is 0 Å². The summed E-state index contributed by atoms with van der Waals surface area (Å²) in [5.74, 6) is 2.41. The van der Waals surface area contributed by atoms with E-state index in [1.807, 2.05) is 31.7 Å². The molecule has 0 amide bonds. The van der Waals surface area contributed by atoms with Gasteiger partial charge >= 0.3 is 0 Å². The van der Waals surface area contributed by atoms with Crippen molar-refractivity contribution in [1.82, 2.24) is 10.6 Å². The average molecular weight is 552 g/mol. The Labute approximate surface area is 203 Å². The van der Waals surface area contributed by atoms with Crippen LogP contribution < -0.4 is 20.1 Å². The molecule has 6 nitrogen and oxygen atoms in total. The van der Waals surface area contributed by atoms with Gasteiger partial charge in [-0.15, -0.1) is 24.0 Å². The molecule has 0 aromatic heterocycles. The van der Waals surface area contributed by atoms with Crippen LogP contribution in [-0.4, -0.2) is 56.5 Å². The van der Waals surface area contributed by atoms with E-state index >= 15 is 0 Å². The van der Waals surface area contributed by atoms with Crippen LogP contribution in [0, 0.1) is 0 Å². The molecule has 30 heavy (non-hydrogen) atoms. The zero-order valence-electron chi connectivity index (χ0n) is 19.0. The van der Waals surface area contributed by atoms with E-state index in [-0.39, 0.29) is 34.8 Å². The first-order chi connectivity index (χ1) is 14.1. The monoisotopic (exact) mass is 551 g/mol. The van der Waals surface area contributed by atoms with Gasteiger partial charge in [-0.3, -0.25) is 4.99 Å². The predicted molar refractivity (Wildman–Crippen MR) is 138 cm³/mol. The van der Waals surface area contributed by atoms with Gasteiger partial charge in [0, 0.05) is 24.5 Å². The highest BCUT2D eigenvalue weighted by Gasteiger charge is 2.31. The standard InChI is InChI=1S/C22H37N3O3S.HI/c1-6-23-21(24-16-22(29-5)11-13-26-14-12-22)25-17(4)18-9-10-19(27-7-2)20(15-18)28-8-3;/h9-10,15,17H,6-8,11-14,16H2,1-5H3,(H2,23,24,25);1H. The highest BCUT2D eigenvalue weighted by molar-refractivity contribution is 14.0. The van der Waals surface area contributed by atoms with Gasteiger partial charge in [0.25, 0.3) is 0 Å². The number of rotatable bonds is 10. The lowest BCUT2D eigenvalue weighted by molar-refractivity contribution is 0.0794. The van der Waals surface area contributed by atoms with Crippen LogP contribution >= 0.6 is 35.7 Å². The van der Waals surface area contributed by atoms with Crippen LogP contribution in [0.5, 0.6) is 11.5 Å². The molecule has 1 saturated heterocycles. The zero-order chi connectivity index (χ0) is 21.1. The van der Waals surface area contributed by atoms with Crippen molar-refractivity contribution in [2.45, 2.75) is 51.3 Å². The fourth-order valence-corrected chi connectivity index (χ4v) is 4.11. The molecule has 1 unspecified atom stereocenters. The van der Waals surface area contributed by atoms with Gasteiger partial charge in [-0.25, -0.2) is 0 Å². The SMILES string of the molecule is CCNC(=NCC1(SC)CCOCC1)NC(C)c1ccc(OCC)c(OCC)c1.I. The Morgan fingerprint density at radius 2 is 1.83 bits per heavy atom. The molecular weight excluding hydrogens is 513 g/mol. The van der Waals surface area contributed by atoms with Gasteiger partial charge in [0.2, 0.25) is 0 Å². The molecule has 1 aromatic rings. The summed E-state index contributed by atoms with van der Waals surface area (Å²) >= 11 is 1.91. The first-order valence-corrected chi connectivity index (χ1v) is 11.9. The Morgan fingerprint density at radius 3 is 2.43 bits per heavy atom. The summed E-state index contributed by atoms with van der Waals surface area (Å²) < 4.78 is 17.2. The molecule has 0 bridgehead atoms. The minimum absolute atomic E-state index is 0. The summed E-state index contributed by atoms with van der Waals surface area (Å²) in [6.45, 7) is 12.7. The van der Waals surface area contributed by atoms with Gasteiger partial charge in [0.05, 0.1) is 25.8 Å². The minimum atomic E-state index is 0. The summed E-state index contributed by atoms with van der Waals surface area (Å²) in [6.07, 6.45) is 4.27. The maximum Gasteiger partial charge on any atom is 0.191 e. The second kappa shape index (κ2) is 14.2. The molecule has 0 aliphatic carbocycles. The summed E-state index contributed by atoms with van der Waals surface area (Å²) in [7, 11) is 0. The van der Waals surface area contributed by atoms with Gasteiger partial charge in [-0.1, -0.05) is 6.07 Å². The van der Waals surface area contributed by atoms with Crippen LogP contribution in [0.3, 0.4) is 0 Å². The third kappa shape index (κ3) is 8.00. The number of hydrogen-bond acceptors (Lipinski definition) is 5. The number of halogens is 1. The summed E-state index contributed by atoms with van der Waals surface area (Å²) in [4.78, 5) is 4.91. The number of hydrogen-bond donors (Lipinski definition) is 2. The lowest BCUT2D eigenvalue weighted by Gasteiger charge is -2.34. The number of nitrogens with one attached hydrogen (secondary N) is 2. The summed E-state index contributed by atoms with van der Waals surface area (Å²) in [5.41, 5.74) is 1.13. The van der Waals surface area contributed by atoms with Crippen LogP contribution in [0.15, 0.2) is 23.2 Å². The Hall–Kier alpha value is -0.870. The Bertz CT molecular complexity index is 655. The summed E-state index contributed by atoms with van der Waals surface area (Å²) in [6, 6.07) is 6.20. The van der Waals surface area contributed by atoms with Crippen LogP contribution in [0.4, 0.5) is 0 Å². The van der Waals surface area contributed by atoms with Crippen molar-refractivity contribution in [2.75, 3.05) is 45.8 Å². The van der Waals surface area contributed by atoms with Gasteiger partial charge in [-0.2, -0.15) is 11.8 Å². The molecular formula is C22H38IN3O3S. The van der Waals surface area contributed by atoms with Crippen LogP contribution in [-0.2, 0) is 4.74 Å².